The molecule has 0 aromatic rings. The van der Waals surface area contributed by atoms with Crippen molar-refractivity contribution in [3.8, 4) is 0 Å². The van der Waals surface area contributed by atoms with Crippen LogP contribution in [-0.2, 0) is 9.53 Å². The average molecular weight is 314 g/mol. The van der Waals surface area contributed by atoms with Gasteiger partial charge in [-0.25, -0.2) is 8.78 Å². The number of likely N-dealkylation sites (tertiary alicyclic amines) is 1. The molecule has 1 saturated heterocycles. The summed E-state index contributed by atoms with van der Waals surface area (Å²) in [6.07, 6.45) is -1.56. The number of nitrogens with zero attached hydrogens (tertiary/aromatic N) is 1. The van der Waals surface area contributed by atoms with Gasteiger partial charge in [0.2, 0.25) is 5.91 Å². The third-order valence-corrected chi connectivity index (χ3v) is 3.14. The molecule has 4 nitrogen and oxygen atoms in total. The molecule has 1 N–H and O–H groups in total. The van der Waals surface area contributed by atoms with Crippen molar-refractivity contribution in [1.82, 2.24) is 10.2 Å². The fourth-order valence-corrected chi connectivity index (χ4v) is 2.30. The lowest BCUT2D eigenvalue weighted by Gasteiger charge is -2.31. The summed E-state index contributed by atoms with van der Waals surface area (Å²) in [5.41, 5.74) is -0.532. The van der Waals surface area contributed by atoms with E-state index in [4.69, 9.17) is 0 Å². The first-order valence-corrected chi connectivity index (χ1v) is 6.89. The summed E-state index contributed by atoms with van der Waals surface area (Å²) >= 11 is 0. The molecule has 124 valence electrons. The van der Waals surface area contributed by atoms with Gasteiger partial charge in [0.25, 0.3) is 0 Å². The van der Waals surface area contributed by atoms with Crippen molar-refractivity contribution in [2.75, 3.05) is 32.8 Å². The zero-order valence-electron chi connectivity index (χ0n) is 12.3. The van der Waals surface area contributed by atoms with Gasteiger partial charge in [-0.3, -0.25) is 4.79 Å². The molecule has 0 aromatic carbocycles. The molecule has 1 fully saturated rings. The highest BCUT2D eigenvalue weighted by molar-refractivity contribution is 5.78. The molecule has 8 heteroatoms. The standard InChI is InChI=1S/C13H22F4N2O2/c1-12(2,8-19-5-3-4-6-19)18-10(20)7-21-9-13(16,17)11(14)15/h11H,3-9H2,1-2H3,(H,18,20). The normalized spacial score (nSPS) is 17.5. The van der Waals surface area contributed by atoms with Gasteiger partial charge in [0, 0.05) is 12.1 Å². The molecule has 0 unspecified atom stereocenters. The van der Waals surface area contributed by atoms with Gasteiger partial charge in [-0.15, -0.1) is 0 Å². The predicted octanol–water partition coefficient (Wildman–Crippen LogP) is 1.89. The SMILES string of the molecule is CC(C)(CN1CCCC1)NC(=O)COCC(F)(F)C(F)F. The van der Waals surface area contributed by atoms with Gasteiger partial charge in [-0.1, -0.05) is 0 Å². The number of hydrogen-bond acceptors (Lipinski definition) is 3. The Morgan fingerprint density at radius 1 is 1.29 bits per heavy atom. The Balaban J connectivity index is 2.28. The molecule has 1 aliphatic rings. The van der Waals surface area contributed by atoms with E-state index >= 15 is 0 Å². The summed E-state index contributed by atoms with van der Waals surface area (Å²) in [5, 5.41) is 2.66. The second-order valence-corrected chi connectivity index (χ2v) is 5.97. The molecule has 0 atom stereocenters. The summed E-state index contributed by atoms with van der Waals surface area (Å²) in [5.74, 6) is -4.82. The lowest BCUT2D eigenvalue weighted by molar-refractivity contribution is -0.168. The van der Waals surface area contributed by atoms with Crippen LogP contribution in [0.1, 0.15) is 26.7 Å². The Labute approximate surface area is 121 Å². The molecule has 1 heterocycles. The third-order valence-electron chi connectivity index (χ3n) is 3.14. The highest BCUT2D eigenvalue weighted by atomic mass is 19.3. The molecule has 0 saturated carbocycles. The fraction of sp³-hybridized carbons (Fsp3) is 0.923. The van der Waals surface area contributed by atoms with Gasteiger partial charge < -0.3 is 15.0 Å². The Hall–Kier alpha value is -0.890. The highest BCUT2D eigenvalue weighted by Gasteiger charge is 2.41. The molecule has 0 spiro atoms. The van der Waals surface area contributed by atoms with E-state index in [-0.39, 0.29) is 0 Å². The van der Waals surface area contributed by atoms with Crippen LogP contribution >= 0.6 is 0 Å². The van der Waals surface area contributed by atoms with Crippen molar-refractivity contribution in [3.63, 3.8) is 0 Å². The zero-order chi connectivity index (χ0) is 16.1. The summed E-state index contributed by atoms with van der Waals surface area (Å²) < 4.78 is 53.4. The molecular formula is C13H22F4N2O2. The monoisotopic (exact) mass is 314 g/mol. The van der Waals surface area contributed by atoms with Crippen LogP contribution in [0, 0.1) is 0 Å². The number of rotatable bonds is 8. The molecule has 21 heavy (non-hydrogen) atoms. The summed E-state index contributed by atoms with van der Waals surface area (Å²) in [6, 6.07) is 0. The number of carbonyl (C=O) groups is 1. The van der Waals surface area contributed by atoms with E-state index in [0.717, 1.165) is 25.9 Å². The Morgan fingerprint density at radius 3 is 2.38 bits per heavy atom. The van der Waals surface area contributed by atoms with E-state index in [2.05, 4.69) is 15.0 Å². The van der Waals surface area contributed by atoms with Crippen LogP contribution in [0.2, 0.25) is 0 Å². The number of halogens is 4. The molecule has 0 bridgehead atoms. The van der Waals surface area contributed by atoms with Crippen molar-refractivity contribution >= 4 is 5.91 Å². The second kappa shape index (κ2) is 7.40. The first kappa shape index (κ1) is 18.2. The summed E-state index contributed by atoms with van der Waals surface area (Å²) in [4.78, 5) is 13.8. The van der Waals surface area contributed by atoms with Crippen molar-refractivity contribution < 1.29 is 27.1 Å². The molecule has 1 aliphatic heterocycles. The van der Waals surface area contributed by atoms with Crippen LogP contribution in [0.5, 0.6) is 0 Å². The zero-order valence-corrected chi connectivity index (χ0v) is 12.3. The molecule has 1 rings (SSSR count). The number of alkyl halides is 4. The second-order valence-electron chi connectivity index (χ2n) is 5.97. The third kappa shape index (κ3) is 6.60. The van der Waals surface area contributed by atoms with Crippen molar-refractivity contribution in [2.45, 2.75) is 44.6 Å². The van der Waals surface area contributed by atoms with Gasteiger partial charge in [-0.2, -0.15) is 8.78 Å². The first-order chi connectivity index (χ1) is 9.62. The summed E-state index contributed by atoms with van der Waals surface area (Å²) in [6.45, 7) is 4.09. The topological polar surface area (TPSA) is 41.6 Å². The van der Waals surface area contributed by atoms with Gasteiger partial charge in [0.05, 0.1) is 0 Å². The molecular weight excluding hydrogens is 292 g/mol. The van der Waals surface area contributed by atoms with E-state index in [1.54, 1.807) is 0 Å². The van der Waals surface area contributed by atoms with Gasteiger partial charge >= 0.3 is 12.3 Å². The number of carbonyl (C=O) groups excluding carboxylic acids is 1. The van der Waals surface area contributed by atoms with Crippen LogP contribution < -0.4 is 5.32 Å². The molecule has 1 amide bonds. The largest absolute Gasteiger partial charge is 0.365 e. The first-order valence-electron chi connectivity index (χ1n) is 6.89. The van der Waals surface area contributed by atoms with E-state index in [1.165, 1.54) is 0 Å². The van der Waals surface area contributed by atoms with E-state index in [0.29, 0.717) is 6.54 Å². The highest BCUT2D eigenvalue weighted by Crippen LogP contribution is 2.22. The Bertz CT molecular complexity index is 345. The minimum Gasteiger partial charge on any atom is -0.365 e. The predicted molar refractivity (Wildman–Crippen MR) is 69.7 cm³/mol. The van der Waals surface area contributed by atoms with Crippen LogP contribution in [0.4, 0.5) is 17.6 Å². The van der Waals surface area contributed by atoms with Crippen molar-refractivity contribution in [2.24, 2.45) is 0 Å². The number of amides is 1. The van der Waals surface area contributed by atoms with Crippen LogP contribution in [-0.4, -0.2) is 61.5 Å². The Kier molecular flexibility index (Phi) is 6.40. The van der Waals surface area contributed by atoms with Crippen molar-refractivity contribution in [3.05, 3.63) is 0 Å². The lowest BCUT2D eigenvalue weighted by Crippen LogP contribution is -2.52. The lowest BCUT2D eigenvalue weighted by atomic mass is 10.1. The maximum Gasteiger partial charge on any atom is 0.330 e. The number of ether oxygens (including phenoxy) is 1. The number of hydrogen-bond donors (Lipinski definition) is 1. The maximum atomic E-state index is 12.6. The summed E-state index contributed by atoms with van der Waals surface area (Å²) in [7, 11) is 0. The molecule has 0 aromatic heterocycles. The van der Waals surface area contributed by atoms with Crippen LogP contribution in [0.3, 0.4) is 0 Å². The van der Waals surface area contributed by atoms with E-state index in [1.807, 2.05) is 13.8 Å². The quantitative estimate of drug-likeness (QED) is 0.696. The number of nitrogens with one attached hydrogen (secondary N) is 1. The molecule has 0 aliphatic carbocycles. The van der Waals surface area contributed by atoms with Gasteiger partial charge in [0.1, 0.15) is 13.2 Å². The van der Waals surface area contributed by atoms with Gasteiger partial charge in [-0.05, 0) is 39.8 Å². The van der Waals surface area contributed by atoms with Crippen molar-refractivity contribution in [1.29, 1.82) is 0 Å². The van der Waals surface area contributed by atoms with E-state index in [9.17, 15) is 22.4 Å². The smallest absolute Gasteiger partial charge is 0.330 e. The minimum atomic E-state index is -4.23. The van der Waals surface area contributed by atoms with Gasteiger partial charge in [0.15, 0.2) is 0 Å². The fourth-order valence-electron chi connectivity index (χ4n) is 2.30. The minimum absolute atomic E-state index is 0.532. The van der Waals surface area contributed by atoms with Crippen LogP contribution in [0.25, 0.3) is 0 Å². The Morgan fingerprint density at radius 2 is 1.86 bits per heavy atom. The maximum absolute atomic E-state index is 12.6. The van der Waals surface area contributed by atoms with E-state index < -0.39 is 37.0 Å². The average Bonchev–Trinajstić information content (AvgIpc) is 2.79. The molecule has 0 radical (unpaired) electrons. The van der Waals surface area contributed by atoms with Crippen LogP contribution in [0.15, 0.2) is 0 Å².